The lowest BCUT2D eigenvalue weighted by molar-refractivity contribution is 0.0964. The Morgan fingerprint density at radius 1 is 1.14 bits per heavy atom. The van der Waals surface area contributed by atoms with E-state index in [2.05, 4.69) is 11.2 Å². The summed E-state index contributed by atoms with van der Waals surface area (Å²) < 4.78 is 34.3. The van der Waals surface area contributed by atoms with Crippen LogP contribution in [0.2, 0.25) is 0 Å². The van der Waals surface area contributed by atoms with Gasteiger partial charge < -0.3 is 14.3 Å². The Balaban J connectivity index is 2.00. The molecule has 4 rings (SSSR count). The summed E-state index contributed by atoms with van der Waals surface area (Å²) in [5, 5.41) is 3.29. The fourth-order valence-electron chi connectivity index (χ4n) is 4.05. The average Bonchev–Trinajstić information content (AvgIpc) is 3.24. The number of carbonyl (C=O) groups excluding carboxylic acids is 1. The number of carbonyl (C=O) groups is 1. The highest BCUT2D eigenvalue weighted by molar-refractivity contribution is 7.92. The molecule has 3 aromatic carbocycles. The Labute approximate surface area is 207 Å². The van der Waals surface area contributed by atoms with Gasteiger partial charge in [-0.25, -0.2) is 4.39 Å². The van der Waals surface area contributed by atoms with Crippen LogP contribution in [0.4, 0.5) is 10.1 Å². The number of hydrogen-bond donors (Lipinski definition) is 1. The SMILES string of the molecule is C#CCCCN(c1cc2oc(-c3ccc(F)cc3)c(C(=O)NC)c2cc1-c1ccccc1)[S+](C)[O-]. The first-order chi connectivity index (χ1) is 16.9. The third-order valence-corrected chi connectivity index (χ3v) is 6.71. The first kappa shape index (κ1) is 24.4. The molecule has 1 heterocycles. The predicted molar refractivity (Wildman–Crippen MR) is 140 cm³/mol. The van der Waals surface area contributed by atoms with Crippen molar-refractivity contribution >= 4 is 33.9 Å². The fourth-order valence-corrected chi connectivity index (χ4v) is 4.87. The molecular formula is C28H25FN2O3S. The third kappa shape index (κ3) is 5.04. The normalized spacial score (nSPS) is 11.7. The van der Waals surface area contributed by atoms with Crippen LogP contribution < -0.4 is 9.62 Å². The number of furan rings is 1. The number of anilines is 1. The van der Waals surface area contributed by atoms with Crippen LogP contribution in [0.15, 0.2) is 71.1 Å². The van der Waals surface area contributed by atoms with Crippen LogP contribution in [-0.2, 0) is 11.4 Å². The first-order valence-electron chi connectivity index (χ1n) is 11.1. The van der Waals surface area contributed by atoms with E-state index in [1.54, 1.807) is 29.7 Å². The predicted octanol–water partition coefficient (Wildman–Crippen LogP) is 5.78. The number of terminal acetylenes is 1. The van der Waals surface area contributed by atoms with Gasteiger partial charge in [-0.05, 0) is 42.3 Å². The van der Waals surface area contributed by atoms with E-state index in [1.165, 1.54) is 12.1 Å². The van der Waals surface area contributed by atoms with Gasteiger partial charge in [-0.1, -0.05) is 30.3 Å². The van der Waals surface area contributed by atoms with Gasteiger partial charge in [0.15, 0.2) is 0 Å². The zero-order valence-corrected chi connectivity index (χ0v) is 20.3. The topological polar surface area (TPSA) is 68.5 Å². The Hall–Kier alpha value is -3.73. The molecular weight excluding hydrogens is 463 g/mol. The average molecular weight is 489 g/mol. The Morgan fingerprint density at radius 3 is 2.49 bits per heavy atom. The van der Waals surface area contributed by atoms with Gasteiger partial charge in [-0.15, -0.1) is 12.3 Å². The molecule has 4 aromatic rings. The van der Waals surface area contributed by atoms with Gasteiger partial charge in [0.2, 0.25) is 0 Å². The molecule has 0 fully saturated rings. The Bertz CT molecular complexity index is 1380. The highest BCUT2D eigenvalue weighted by atomic mass is 32.2. The molecule has 1 amide bonds. The van der Waals surface area contributed by atoms with E-state index in [9.17, 15) is 13.7 Å². The van der Waals surface area contributed by atoms with E-state index in [1.807, 2.05) is 42.5 Å². The van der Waals surface area contributed by atoms with Gasteiger partial charge in [0.1, 0.15) is 23.4 Å². The summed E-state index contributed by atoms with van der Waals surface area (Å²) in [6, 6.07) is 19.2. The summed E-state index contributed by atoms with van der Waals surface area (Å²) >= 11 is -1.33. The molecule has 0 saturated carbocycles. The second-order valence-electron chi connectivity index (χ2n) is 7.96. The summed E-state index contributed by atoms with van der Waals surface area (Å²) in [7, 11) is 1.55. The summed E-state index contributed by atoms with van der Waals surface area (Å²) in [5.41, 5.74) is 3.83. The van der Waals surface area contributed by atoms with Crippen molar-refractivity contribution in [3.63, 3.8) is 0 Å². The first-order valence-corrected chi connectivity index (χ1v) is 12.6. The van der Waals surface area contributed by atoms with Crippen molar-refractivity contribution in [3.8, 4) is 34.8 Å². The minimum atomic E-state index is -1.33. The second-order valence-corrected chi connectivity index (χ2v) is 9.25. The second kappa shape index (κ2) is 10.7. The number of benzene rings is 3. The van der Waals surface area contributed by atoms with Crippen molar-refractivity contribution in [2.24, 2.45) is 0 Å². The monoisotopic (exact) mass is 488 g/mol. The van der Waals surface area contributed by atoms with Crippen LogP contribution in [0.1, 0.15) is 23.2 Å². The van der Waals surface area contributed by atoms with E-state index in [0.29, 0.717) is 52.9 Å². The van der Waals surface area contributed by atoms with E-state index in [-0.39, 0.29) is 11.7 Å². The molecule has 1 atom stereocenters. The largest absolute Gasteiger partial charge is 0.593 e. The molecule has 0 saturated heterocycles. The summed E-state index contributed by atoms with van der Waals surface area (Å²) in [5.74, 6) is 2.26. The molecule has 0 aliphatic heterocycles. The third-order valence-electron chi connectivity index (χ3n) is 5.71. The highest BCUT2D eigenvalue weighted by Gasteiger charge is 2.27. The van der Waals surface area contributed by atoms with Crippen molar-refractivity contribution in [2.45, 2.75) is 12.8 Å². The number of amides is 1. The number of fused-ring (bicyclic) bond motifs is 1. The van der Waals surface area contributed by atoms with Crippen LogP contribution in [-0.4, -0.2) is 30.3 Å². The minimum absolute atomic E-state index is 0.320. The maximum absolute atomic E-state index is 13.6. The number of halogens is 1. The van der Waals surface area contributed by atoms with Gasteiger partial charge >= 0.3 is 0 Å². The van der Waals surface area contributed by atoms with Gasteiger partial charge in [-0.2, -0.15) is 4.31 Å². The molecule has 178 valence electrons. The lowest BCUT2D eigenvalue weighted by Crippen LogP contribution is -2.31. The van der Waals surface area contributed by atoms with Crippen LogP contribution in [0, 0.1) is 18.2 Å². The smallest absolute Gasteiger partial charge is 0.255 e. The summed E-state index contributed by atoms with van der Waals surface area (Å²) in [6.07, 6.45) is 8.29. The summed E-state index contributed by atoms with van der Waals surface area (Å²) in [6.45, 7) is 0.493. The maximum atomic E-state index is 13.6. The van der Waals surface area contributed by atoms with Gasteiger partial charge in [0.25, 0.3) is 5.91 Å². The summed E-state index contributed by atoms with van der Waals surface area (Å²) in [4.78, 5) is 13.0. The number of unbranched alkanes of at least 4 members (excludes halogenated alkanes) is 1. The number of rotatable bonds is 8. The molecule has 0 aliphatic rings. The fraction of sp³-hybridized carbons (Fsp3) is 0.179. The lowest BCUT2D eigenvalue weighted by atomic mass is 9.98. The highest BCUT2D eigenvalue weighted by Crippen LogP contribution is 2.41. The van der Waals surface area contributed by atoms with Crippen molar-refractivity contribution in [2.75, 3.05) is 24.2 Å². The number of nitrogens with one attached hydrogen (secondary N) is 1. The Kier molecular flexibility index (Phi) is 7.45. The van der Waals surface area contributed by atoms with Gasteiger partial charge in [0.05, 0.1) is 29.2 Å². The molecule has 0 radical (unpaired) electrons. The lowest BCUT2D eigenvalue weighted by Gasteiger charge is -2.26. The standard InChI is InChI=1S/C28H25FN2O3S/c1-4-5-9-16-31(35(3)33)24-18-25-23(17-22(24)19-10-7-6-8-11-19)26(28(32)30-2)27(34-25)20-12-14-21(29)15-13-20/h1,6-8,10-15,17-18H,5,9,16H2,2-3H3,(H,30,32). The van der Waals surface area contributed by atoms with Gasteiger partial charge in [0, 0.05) is 36.0 Å². The van der Waals surface area contributed by atoms with Crippen LogP contribution in [0.5, 0.6) is 0 Å². The quantitative estimate of drug-likeness (QED) is 0.194. The van der Waals surface area contributed by atoms with Crippen LogP contribution >= 0.6 is 0 Å². The van der Waals surface area contributed by atoms with E-state index in [4.69, 9.17) is 10.8 Å². The van der Waals surface area contributed by atoms with Crippen LogP contribution in [0.25, 0.3) is 33.4 Å². The van der Waals surface area contributed by atoms with Crippen molar-refractivity contribution in [1.29, 1.82) is 0 Å². The molecule has 5 nitrogen and oxygen atoms in total. The van der Waals surface area contributed by atoms with E-state index >= 15 is 0 Å². The molecule has 1 N–H and O–H groups in total. The molecule has 0 bridgehead atoms. The molecule has 0 aliphatic carbocycles. The van der Waals surface area contributed by atoms with E-state index < -0.39 is 11.4 Å². The van der Waals surface area contributed by atoms with E-state index in [0.717, 1.165) is 11.1 Å². The minimum Gasteiger partial charge on any atom is -0.593 e. The van der Waals surface area contributed by atoms with Crippen molar-refractivity contribution in [1.82, 2.24) is 5.32 Å². The maximum Gasteiger partial charge on any atom is 0.255 e. The van der Waals surface area contributed by atoms with Crippen LogP contribution in [0.3, 0.4) is 0 Å². The number of nitrogens with zero attached hydrogens (tertiary/aromatic N) is 1. The molecule has 0 spiro atoms. The zero-order valence-electron chi connectivity index (χ0n) is 19.5. The van der Waals surface area contributed by atoms with Gasteiger partial charge in [-0.3, -0.25) is 4.79 Å². The molecule has 1 unspecified atom stereocenters. The molecule has 7 heteroatoms. The van der Waals surface area contributed by atoms with Crippen molar-refractivity contribution in [3.05, 3.63) is 78.1 Å². The number of hydrogen-bond acceptors (Lipinski definition) is 4. The molecule has 35 heavy (non-hydrogen) atoms. The molecule has 1 aromatic heterocycles. The zero-order chi connectivity index (χ0) is 24.9. The Morgan fingerprint density at radius 2 is 1.86 bits per heavy atom. The van der Waals surface area contributed by atoms with Crippen molar-refractivity contribution < 1.29 is 18.2 Å².